The third-order valence-electron chi connectivity index (χ3n) is 3.39. The molecule has 8 heteroatoms. The van der Waals surface area contributed by atoms with Crippen molar-refractivity contribution in [2.75, 3.05) is 6.54 Å². The van der Waals surface area contributed by atoms with Gasteiger partial charge in [0.05, 0.1) is 9.80 Å². The highest BCUT2D eigenvalue weighted by atomic mass is 32.1. The first kappa shape index (κ1) is 14.4. The number of thiophene rings is 1. The summed E-state index contributed by atoms with van der Waals surface area (Å²) in [6.07, 6.45) is 1.15. The van der Waals surface area contributed by atoms with E-state index in [1.807, 2.05) is 6.92 Å². The number of amides is 1. The quantitative estimate of drug-likeness (QED) is 0.679. The Kier molecular flexibility index (Phi) is 4.03. The third kappa shape index (κ3) is 2.79. The minimum absolute atomic E-state index is 0.120. The summed E-state index contributed by atoms with van der Waals surface area (Å²) in [5.41, 5.74) is 0. The second-order valence-electron chi connectivity index (χ2n) is 4.88. The monoisotopic (exact) mass is 298 g/mol. The van der Waals surface area contributed by atoms with Crippen molar-refractivity contribution in [2.45, 2.75) is 25.8 Å². The van der Waals surface area contributed by atoms with Gasteiger partial charge in [-0.25, -0.2) is 4.79 Å². The molecule has 1 amide bonds. The van der Waals surface area contributed by atoms with E-state index >= 15 is 0 Å². The van der Waals surface area contributed by atoms with Gasteiger partial charge in [-0.15, -0.1) is 0 Å². The molecule has 7 nitrogen and oxygen atoms in total. The fraction of sp³-hybridized carbons (Fsp3) is 0.500. The molecule has 1 fully saturated rings. The normalized spacial score (nSPS) is 22.6. The number of piperidine rings is 1. The van der Waals surface area contributed by atoms with Crippen LogP contribution in [0.2, 0.25) is 0 Å². The molecule has 1 aromatic heterocycles. The first-order valence-corrected chi connectivity index (χ1v) is 6.99. The van der Waals surface area contributed by atoms with Gasteiger partial charge in [-0.2, -0.15) is 0 Å². The summed E-state index contributed by atoms with van der Waals surface area (Å²) in [6.45, 7) is 2.32. The molecule has 20 heavy (non-hydrogen) atoms. The van der Waals surface area contributed by atoms with Crippen molar-refractivity contribution in [3.05, 3.63) is 27.1 Å². The van der Waals surface area contributed by atoms with Gasteiger partial charge < -0.3 is 10.0 Å². The van der Waals surface area contributed by atoms with Gasteiger partial charge in [0.2, 0.25) is 0 Å². The van der Waals surface area contributed by atoms with Crippen LogP contribution in [0.3, 0.4) is 0 Å². The molecule has 1 aliphatic heterocycles. The Morgan fingerprint density at radius 3 is 2.75 bits per heavy atom. The van der Waals surface area contributed by atoms with E-state index in [2.05, 4.69) is 0 Å². The molecule has 1 saturated heterocycles. The predicted octanol–water partition coefficient (Wildman–Crippen LogP) is 1.98. The first-order chi connectivity index (χ1) is 9.40. The number of aliphatic carboxylic acids is 1. The standard InChI is InChI=1S/C12H14N2O5S/c1-7-4-5-13(8(6-7)12(16)17)11(15)9-2-3-10(20-9)14(18)19/h2-3,7-8H,4-6H2,1H3,(H,16,17). The van der Waals surface area contributed by atoms with Crippen molar-refractivity contribution in [1.29, 1.82) is 0 Å². The second-order valence-corrected chi connectivity index (χ2v) is 5.94. The van der Waals surface area contributed by atoms with Crippen molar-refractivity contribution in [3.8, 4) is 0 Å². The maximum atomic E-state index is 12.3. The molecule has 0 aromatic carbocycles. The largest absolute Gasteiger partial charge is 0.480 e. The molecule has 0 bridgehead atoms. The molecule has 0 spiro atoms. The summed E-state index contributed by atoms with van der Waals surface area (Å²) in [5.74, 6) is -1.23. The lowest BCUT2D eigenvalue weighted by Crippen LogP contribution is -2.49. The Morgan fingerprint density at radius 2 is 2.20 bits per heavy atom. The van der Waals surface area contributed by atoms with E-state index in [9.17, 15) is 24.8 Å². The van der Waals surface area contributed by atoms with Crippen LogP contribution in [0.4, 0.5) is 5.00 Å². The van der Waals surface area contributed by atoms with Crippen LogP contribution < -0.4 is 0 Å². The lowest BCUT2D eigenvalue weighted by molar-refractivity contribution is -0.380. The average Bonchev–Trinajstić information content (AvgIpc) is 2.87. The lowest BCUT2D eigenvalue weighted by Gasteiger charge is -2.35. The topological polar surface area (TPSA) is 101 Å². The van der Waals surface area contributed by atoms with E-state index in [0.717, 1.165) is 17.8 Å². The molecule has 2 rings (SSSR count). The van der Waals surface area contributed by atoms with Crippen molar-refractivity contribution in [3.63, 3.8) is 0 Å². The highest BCUT2D eigenvalue weighted by molar-refractivity contribution is 7.17. The minimum Gasteiger partial charge on any atom is -0.480 e. The first-order valence-electron chi connectivity index (χ1n) is 6.18. The van der Waals surface area contributed by atoms with Gasteiger partial charge in [-0.1, -0.05) is 18.3 Å². The number of carbonyl (C=O) groups is 2. The molecular weight excluding hydrogens is 284 g/mol. The molecule has 2 atom stereocenters. The summed E-state index contributed by atoms with van der Waals surface area (Å²) in [6, 6.07) is 1.79. The van der Waals surface area contributed by atoms with Crippen LogP contribution in [0, 0.1) is 16.0 Å². The SMILES string of the molecule is CC1CCN(C(=O)c2ccc([N+](=O)[O-])s2)C(C(=O)O)C1. The highest BCUT2D eigenvalue weighted by Crippen LogP contribution is 2.29. The molecule has 0 saturated carbocycles. The van der Waals surface area contributed by atoms with Gasteiger partial charge in [-0.05, 0) is 24.8 Å². The van der Waals surface area contributed by atoms with E-state index in [1.54, 1.807) is 0 Å². The van der Waals surface area contributed by atoms with Crippen LogP contribution in [0.1, 0.15) is 29.4 Å². The fourth-order valence-electron chi connectivity index (χ4n) is 2.30. The Balaban J connectivity index is 2.21. The Morgan fingerprint density at radius 1 is 1.50 bits per heavy atom. The molecule has 1 N–H and O–H groups in total. The van der Waals surface area contributed by atoms with Crippen LogP contribution in [-0.4, -0.2) is 39.4 Å². The van der Waals surface area contributed by atoms with E-state index in [1.165, 1.54) is 17.0 Å². The number of nitrogens with zero attached hydrogens (tertiary/aromatic N) is 2. The Bertz CT molecular complexity index is 556. The predicted molar refractivity (Wildman–Crippen MR) is 71.8 cm³/mol. The van der Waals surface area contributed by atoms with Gasteiger partial charge in [0.15, 0.2) is 0 Å². The summed E-state index contributed by atoms with van der Waals surface area (Å²) in [7, 11) is 0. The number of carbonyl (C=O) groups excluding carboxylic acids is 1. The van der Waals surface area contributed by atoms with E-state index in [4.69, 9.17) is 0 Å². The van der Waals surface area contributed by atoms with Crippen LogP contribution >= 0.6 is 11.3 Å². The smallest absolute Gasteiger partial charge is 0.326 e. The number of carboxylic acids is 1. The molecule has 1 aromatic rings. The van der Waals surface area contributed by atoms with Crippen LogP contribution in [0.15, 0.2) is 12.1 Å². The molecular formula is C12H14N2O5S. The zero-order chi connectivity index (χ0) is 14.9. The summed E-state index contributed by atoms with van der Waals surface area (Å²) < 4.78 is 0. The Hall–Kier alpha value is -1.96. The summed E-state index contributed by atoms with van der Waals surface area (Å²) in [4.78, 5) is 35.1. The number of rotatable bonds is 3. The zero-order valence-electron chi connectivity index (χ0n) is 10.8. The van der Waals surface area contributed by atoms with Crippen LogP contribution in [0.5, 0.6) is 0 Å². The number of hydrogen-bond donors (Lipinski definition) is 1. The molecule has 2 unspecified atom stereocenters. The highest BCUT2D eigenvalue weighted by Gasteiger charge is 2.36. The van der Waals surface area contributed by atoms with E-state index in [0.29, 0.717) is 13.0 Å². The van der Waals surface area contributed by atoms with E-state index < -0.39 is 22.8 Å². The molecule has 1 aliphatic rings. The maximum absolute atomic E-state index is 12.3. The van der Waals surface area contributed by atoms with Gasteiger partial charge in [-0.3, -0.25) is 14.9 Å². The van der Waals surface area contributed by atoms with Crippen molar-refractivity contribution in [2.24, 2.45) is 5.92 Å². The number of hydrogen-bond acceptors (Lipinski definition) is 5. The van der Waals surface area contributed by atoms with Crippen LogP contribution in [0.25, 0.3) is 0 Å². The van der Waals surface area contributed by atoms with Gasteiger partial charge in [0, 0.05) is 12.6 Å². The summed E-state index contributed by atoms with van der Waals surface area (Å²) in [5, 5.41) is 19.7. The average molecular weight is 298 g/mol. The third-order valence-corrected chi connectivity index (χ3v) is 4.42. The Labute approximate surface area is 119 Å². The number of nitro groups is 1. The second kappa shape index (κ2) is 5.58. The lowest BCUT2D eigenvalue weighted by atomic mass is 9.92. The van der Waals surface area contributed by atoms with Gasteiger partial charge in [0.1, 0.15) is 6.04 Å². The van der Waals surface area contributed by atoms with Gasteiger partial charge in [0.25, 0.3) is 5.91 Å². The van der Waals surface area contributed by atoms with Crippen molar-refractivity contribution < 1.29 is 19.6 Å². The van der Waals surface area contributed by atoms with E-state index in [-0.39, 0.29) is 15.8 Å². The molecule has 108 valence electrons. The minimum atomic E-state index is -1.03. The van der Waals surface area contributed by atoms with Gasteiger partial charge >= 0.3 is 11.0 Å². The summed E-state index contributed by atoms with van der Waals surface area (Å²) >= 11 is 0.774. The van der Waals surface area contributed by atoms with Crippen LogP contribution in [-0.2, 0) is 4.79 Å². The maximum Gasteiger partial charge on any atom is 0.326 e. The number of carboxylic acid groups (broad SMARTS) is 1. The molecule has 0 radical (unpaired) electrons. The molecule has 2 heterocycles. The number of likely N-dealkylation sites (tertiary alicyclic amines) is 1. The fourth-order valence-corrected chi connectivity index (χ4v) is 3.08. The zero-order valence-corrected chi connectivity index (χ0v) is 11.6. The van der Waals surface area contributed by atoms with Crippen molar-refractivity contribution in [1.82, 2.24) is 4.90 Å². The molecule has 0 aliphatic carbocycles. The van der Waals surface area contributed by atoms with Crippen molar-refractivity contribution >= 4 is 28.2 Å².